The molecule has 98 valence electrons. The van der Waals surface area contributed by atoms with Gasteiger partial charge in [-0.2, -0.15) is 0 Å². The van der Waals surface area contributed by atoms with E-state index in [2.05, 4.69) is 0 Å². The van der Waals surface area contributed by atoms with E-state index in [0.29, 0.717) is 6.42 Å². The molecule has 0 saturated carbocycles. The van der Waals surface area contributed by atoms with Crippen LogP contribution in [0.5, 0.6) is 5.75 Å². The van der Waals surface area contributed by atoms with Crippen LogP contribution < -0.4 is 4.74 Å². The van der Waals surface area contributed by atoms with Crippen molar-refractivity contribution in [1.82, 2.24) is 0 Å². The predicted octanol–water partition coefficient (Wildman–Crippen LogP) is 3.30. The lowest BCUT2D eigenvalue weighted by atomic mass is 9.94. The Hall–Kier alpha value is -1.94. The van der Waals surface area contributed by atoms with Crippen molar-refractivity contribution < 1.29 is 9.53 Å². The van der Waals surface area contributed by atoms with Gasteiger partial charge in [0.2, 0.25) is 0 Å². The number of carbonyl (C=O) groups is 1. The number of nitrogens with one attached hydrogen (secondary N) is 1. The van der Waals surface area contributed by atoms with Crippen LogP contribution in [0, 0.1) is 5.41 Å². The molecular formula is C15H15NO2S. The van der Waals surface area contributed by atoms with Gasteiger partial charge in [0, 0.05) is 4.88 Å². The van der Waals surface area contributed by atoms with E-state index < -0.39 is 0 Å². The molecule has 0 aliphatic heterocycles. The van der Waals surface area contributed by atoms with E-state index in [9.17, 15) is 4.79 Å². The highest BCUT2D eigenvalue weighted by Gasteiger charge is 2.20. The minimum Gasteiger partial charge on any atom is -0.497 e. The zero-order chi connectivity index (χ0) is 13.7. The minimum absolute atomic E-state index is 0.154. The highest BCUT2D eigenvalue weighted by Crippen LogP contribution is 2.26. The summed E-state index contributed by atoms with van der Waals surface area (Å²) in [5.41, 5.74) is 1.06. The van der Waals surface area contributed by atoms with Gasteiger partial charge in [-0.25, -0.2) is 0 Å². The molecule has 1 aromatic carbocycles. The first-order valence-electron chi connectivity index (χ1n) is 5.95. The van der Waals surface area contributed by atoms with Crippen LogP contribution in [0.25, 0.3) is 0 Å². The Morgan fingerprint density at radius 2 is 2.11 bits per heavy atom. The van der Waals surface area contributed by atoms with Gasteiger partial charge in [-0.1, -0.05) is 18.2 Å². The van der Waals surface area contributed by atoms with E-state index in [1.165, 1.54) is 0 Å². The van der Waals surface area contributed by atoms with Gasteiger partial charge in [0.05, 0.1) is 19.2 Å². The van der Waals surface area contributed by atoms with Gasteiger partial charge in [-0.05, 0) is 35.6 Å². The van der Waals surface area contributed by atoms with Crippen LogP contribution >= 0.6 is 11.3 Å². The van der Waals surface area contributed by atoms with Crippen LogP contribution in [0.4, 0.5) is 0 Å². The second-order valence-electron chi connectivity index (χ2n) is 4.17. The van der Waals surface area contributed by atoms with Crippen LogP contribution in [-0.4, -0.2) is 19.1 Å². The normalized spacial score (nSPS) is 11.8. The fourth-order valence-electron chi connectivity index (χ4n) is 1.93. The van der Waals surface area contributed by atoms with Crippen LogP contribution in [0.3, 0.4) is 0 Å². The molecule has 2 rings (SSSR count). The van der Waals surface area contributed by atoms with E-state index in [1.807, 2.05) is 41.8 Å². The van der Waals surface area contributed by atoms with Crippen LogP contribution in [0.1, 0.15) is 16.4 Å². The first-order valence-corrected chi connectivity index (χ1v) is 6.83. The highest BCUT2D eigenvalue weighted by molar-refractivity contribution is 7.10. The Kier molecular flexibility index (Phi) is 4.47. The third-order valence-electron chi connectivity index (χ3n) is 2.97. The third-order valence-corrected chi connectivity index (χ3v) is 3.96. The molecule has 1 unspecified atom stereocenters. The van der Waals surface area contributed by atoms with Crippen LogP contribution in [0.15, 0.2) is 41.8 Å². The molecule has 1 N–H and O–H groups in total. The topological polar surface area (TPSA) is 50.2 Å². The number of rotatable bonds is 6. The number of ketones is 1. The Morgan fingerprint density at radius 1 is 1.37 bits per heavy atom. The van der Waals surface area contributed by atoms with Gasteiger partial charge in [-0.3, -0.25) is 4.79 Å². The van der Waals surface area contributed by atoms with Crippen LogP contribution in [-0.2, 0) is 11.2 Å². The number of hydrogen-bond acceptors (Lipinski definition) is 4. The average molecular weight is 273 g/mol. The van der Waals surface area contributed by atoms with Gasteiger partial charge in [0.25, 0.3) is 0 Å². The largest absolute Gasteiger partial charge is 0.497 e. The molecule has 0 saturated heterocycles. The second-order valence-corrected chi connectivity index (χ2v) is 5.15. The predicted molar refractivity (Wildman–Crippen MR) is 77.5 cm³/mol. The lowest BCUT2D eigenvalue weighted by molar-refractivity contribution is -0.113. The summed E-state index contributed by atoms with van der Waals surface area (Å²) in [7, 11) is 1.63. The lowest BCUT2D eigenvalue weighted by Crippen LogP contribution is -2.14. The van der Waals surface area contributed by atoms with Crippen molar-refractivity contribution in [1.29, 1.82) is 5.41 Å². The standard InChI is InChI=1S/C15H15NO2S/c1-18-12-6-4-11(5-7-12)9-13(14(17)10-16)15-3-2-8-19-15/h2-8,10,13,16H,9H2,1H3. The molecule has 19 heavy (non-hydrogen) atoms. The van der Waals surface area contributed by atoms with Gasteiger partial charge in [0.1, 0.15) is 5.75 Å². The van der Waals surface area contributed by atoms with Crippen molar-refractivity contribution in [3.8, 4) is 5.75 Å². The molecule has 0 fully saturated rings. The molecule has 0 bridgehead atoms. The van der Waals surface area contributed by atoms with E-state index in [1.54, 1.807) is 18.4 Å². The molecule has 3 nitrogen and oxygen atoms in total. The fraction of sp³-hybridized carbons (Fsp3) is 0.200. The molecule has 1 heterocycles. The molecule has 4 heteroatoms. The number of methoxy groups -OCH3 is 1. The SMILES string of the molecule is COc1ccc(CC(C(=O)C=N)c2cccs2)cc1. The Morgan fingerprint density at radius 3 is 2.63 bits per heavy atom. The van der Waals surface area contributed by atoms with Crippen molar-refractivity contribution in [2.75, 3.05) is 7.11 Å². The van der Waals surface area contributed by atoms with E-state index in [0.717, 1.165) is 22.4 Å². The zero-order valence-electron chi connectivity index (χ0n) is 10.6. The first kappa shape index (κ1) is 13.5. The summed E-state index contributed by atoms with van der Waals surface area (Å²) in [4.78, 5) is 12.9. The molecule has 0 amide bonds. The summed E-state index contributed by atoms with van der Waals surface area (Å²) in [5, 5.41) is 9.13. The summed E-state index contributed by atoms with van der Waals surface area (Å²) in [6.07, 6.45) is 1.52. The minimum atomic E-state index is -0.258. The summed E-state index contributed by atoms with van der Waals surface area (Å²) in [5.74, 6) is 0.388. The van der Waals surface area contributed by atoms with Crippen molar-refractivity contribution >= 4 is 23.3 Å². The van der Waals surface area contributed by atoms with Gasteiger partial charge < -0.3 is 10.1 Å². The number of benzene rings is 1. The molecular weight excluding hydrogens is 258 g/mol. The van der Waals surface area contributed by atoms with E-state index in [4.69, 9.17) is 10.1 Å². The van der Waals surface area contributed by atoms with Gasteiger partial charge >= 0.3 is 0 Å². The Labute approximate surface area is 116 Å². The molecule has 0 spiro atoms. The quantitative estimate of drug-likeness (QED) is 0.821. The first-order chi connectivity index (χ1) is 9.24. The van der Waals surface area contributed by atoms with Crippen molar-refractivity contribution in [3.63, 3.8) is 0 Å². The summed E-state index contributed by atoms with van der Waals surface area (Å²) in [6.45, 7) is 0. The average Bonchev–Trinajstić information content (AvgIpc) is 2.98. The van der Waals surface area contributed by atoms with E-state index >= 15 is 0 Å². The maximum Gasteiger partial charge on any atom is 0.181 e. The van der Waals surface area contributed by atoms with E-state index in [-0.39, 0.29) is 11.7 Å². The van der Waals surface area contributed by atoms with Crippen molar-refractivity contribution in [3.05, 3.63) is 52.2 Å². The Bertz CT molecular complexity index is 546. The molecule has 1 atom stereocenters. The molecule has 0 radical (unpaired) electrons. The summed E-state index contributed by atoms with van der Waals surface area (Å²) < 4.78 is 5.11. The third kappa shape index (κ3) is 3.29. The highest BCUT2D eigenvalue weighted by atomic mass is 32.1. The number of Topliss-reactive ketones (excluding diaryl/α,β-unsaturated/α-hetero) is 1. The number of carbonyl (C=O) groups excluding carboxylic acids is 1. The second kappa shape index (κ2) is 6.29. The molecule has 2 aromatic rings. The van der Waals surface area contributed by atoms with Crippen LogP contribution in [0.2, 0.25) is 0 Å². The lowest BCUT2D eigenvalue weighted by Gasteiger charge is -2.12. The molecule has 0 aliphatic carbocycles. The number of thiophene rings is 1. The van der Waals surface area contributed by atoms with Gasteiger partial charge in [-0.15, -0.1) is 11.3 Å². The molecule has 1 aromatic heterocycles. The smallest absolute Gasteiger partial charge is 0.181 e. The summed E-state index contributed by atoms with van der Waals surface area (Å²) in [6, 6.07) is 11.6. The molecule has 0 aliphatic rings. The monoisotopic (exact) mass is 273 g/mol. The van der Waals surface area contributed by atoms with Crippen molar-refractivity contribution in [2.24, 2.45) is 0 Å². The maximum atomic E-state index is 11.9. The fourth-order valence-corrected chi connectivity index (χ4v) is 2.76. The van der Waals surface area contributed by atoms with Crippen molar-refractivity contribution in [2.45, 2.75) is 12.3 Å². The van der Waals surface area contributed by atoms with Gasteiger partial charge in [0.15, 0.2) is 5.78 Å². The number of hydrogen-bond donors (Lipinski definition) is 1. The number of ether oxygens (including phenoxy) is 1. The maximum absolute atomic E-state index is 11.9. The Balaban J connectivity index is 2.20. The zero-order valence-corrected chi connectivity index (χ0v) is 11.4. The summed E-state index contributed by atoms with van der Waals surface area (Å²) >= 11 is 1.55.